The van der Waals surface area contributed by atoms with Gasteiger partial charge in [0.05, 0.1) is 17.1 Å². The van der Waals surface area contributed by atoms with Crippen LogP contribution >= 0.6 is 0 Å². The number of β-amino-alcohol motifs (C(OH)–C–C–N with tert-alkyl or cyclic N) is 1. The minimum Gasteiger partial charge on any atom is -0.391 e. The number of imidazole rings is 1. The SMILES string of the molecule is CC(NC[C@@H]1CNC[C@@H]1O)c1ccc(-n2cnc3ccccc32)cc1. The molecule has 0 amide bonds. The van der Waals surface area contributed by atoms with E-state index in [0.717, 1.165) is 29.8 Å². The summed E-state index contributed by atoms with van der Waals surface area (Å²) < 4.78 is 2.11. The summed E-state index contributed by atoms with van der Waals surface area (Å²) in [5.41, 5.74) is 4.48. The van der Waals surface area contributed by atoms with Crippen LogP contribution in [0.4, 0.5) is 0 Å². The van der Waals surface area contributed by atoms with Gasteiger partial charge in [0.15, 0.2) is 0 Å². The molecule has 1 fully saturated rings. The molecular formula is C20H24N4O. The molecule has 5 nitrogen and oxygen atoms in total. The first-order chi connectivity index (χ1) is 12.2. The second-order valence-electron chi connectivity index (χ2n) is 6.81. The van der Waals surface area contributed by atoms with Crippen molar-refractivity contribution in [2.75, 3.05) is 19.6 Å². The summed E-state index contributed by atoms with van der Waals surface area (Å²) in [6, 6.07) is 17.0. The van der Waals surface area contributed by atoms with E-state index in [2.05, 4.69) is 57.4 Å². The monoisotopic (exact) mass is 336 g/mol. The summed E-state index contributed by atoms with van der Waals surface area (Å²) in [4.78, 5) is 4.45. The van der Waals surface area contributed by atoms with Crippen LogP contribution in [0.3, 0.4) is 0 Å². The van der Waals surface area contributed by atoms with Crippen molar-refractivity contribution in [2.24, 2.45) is 5.92 Å². The van der Waals surface area contributed by atoms with E-state index < -0.39 is 0 Å². The zero-order valence-electron chi connectivity index (χ0n) is 14.4. The van der Waals surface area contributed by atoms with Gasteiger partial charge in [-0.05, 0) is 36.8 Å². The number of fused-ring (bicyclic) bond motifs is 1. The van der Waals surface area contributed by atoms with Gasteiger partial charge in [-0.1, -0.05) is 24.3 Å². The number of aliphatic hydroxyl groups excluding tert-OH is 1. The molecule has 3 aromatic rings. The zero-order chi connectivity index (χ0) is 17.2. The number of rotatable bonds is 5. The smallest absolute Gasteiger partial charge is 0.100 e. The van der Waals surface area contributed by atoms with Crippen LogP contribution in [0.5, 0.6) is 0 Å². The molecule has 1 unspecified atom stereocenters. The maximum absolute atomic E-state index is 9.89. The third-order valence-electron chi connectivity index (χ3n) is 5.12. The average molecular weight is 336 g/mol. The van der Waals surface area contributed by atoms with Crippen molar-refractivity contribution in [3.63, 3.8) is 0 Å². The maximum Gasteiger partial charge on any atom is 0.100 e. The molecule has 130 valence electrons. The van der Waals surface area contributed by atoms with Gasteiger partial charge in [0.1, 0.15) is 6.33 Å². The van der Waals surface area contributed by atoms with Crippen molar-refractivity contribution in [3.8, 4) is 5.69 Å². The second kappa shape index (κ2) is 6.96. The Balaban J connectivity index is 1.46. The van der Waals surface area contributed by atoms with Gasteiger partial charge < -0.3 is 15.7 Å². The number of hydrogen-bond acceptors (Lipinski definition) is 4. The first-order valence-electron chi connectivity index (χ1n) is 8.87. The lowest BCUT2D eigenvalue weighted by Crippen LogP contribution is -2.32. The highest BCUT2D eigenvalue weighted by molar-refractivity contribution is 5.77. The molecule has 1 aromatic heterocycles. The Labute approximate surface area is 147 Å². The highest BCUT2D eigenvalue weighted by atomic mass is 16.3. The fraction of sp³-hybridized carbons (Fsp3) is 0.350. The molecule has 1 aliphatic rings. The third-order valence-corrected chi connectivity index (χ3v) is 5.12. The molecule has 0 radical (unpaired) electrons. The minimum absolute atomic E-state index is 0.239. The van der Waals surface area contributed by atoms with Gasteiger partial charge in [-0.15, -0.1) is 0 Å². The van der Waals surface area contributed by atoms with E-state index in [-0.39, 0.29) is 12.1 Å². The van der Waals surface area contributed by atoms with Crippen molar-refractivity contribution in [1.29, 1.82) is 0 Å². The molecule has 3 atom stereocenters. The third kappa shape index (κ3) is 3.31. The number of nitrogens with zero attached hydrogens (tertiary/aromatic N) is 2. The largest absolute Gasteiger partial charge is 0.391 e. The molecule has 0 saturated carbocycles. The predicted molar refractivity (Wildman–Crippen MR) is 99.9 cm³/mol. The van der Waals surface area contributed by atoms with Gasteiger partial charge in [0, 0.05) is 37.3 Å². The number of benzene rings is 2. The van der Waals surface area contributed by atoms with Gasteiger partial charge in [-0.2, -0.15) is 0 Å². The minimum atomic E-state index is -0.239. The number of para-hydroxylation sites is 2. The van der Waals surface area contributed by atoms with Crippen LogP contribution < -0.4 is 10.6 Å². The van der Waals surface area contributed by atoms with Crippen molar-refractivity contribution in [2.45, 2.75) is 19.1 Å². The Morgan fingerprint density at radius 3 is 2.76 bits per heavy atom. The highest BCUT2D eigenvalue weighted by Gasteiger charge is 2.24. The summed E-state index contributed by atoms with van der Waals surface area (Å²) in [6.45, 7) is 4.57. The first-order valence-corrected chi connectivity index (χ1v) is 8.87. The molecule has 3 N–H and O–H groups in total. The molecule has 25 heavy (non-hydrogen) atoms. The van der Waals surface area contributed by atoms with Crippen LogP contribution in [0.15, 0.2) is 54.9 Å². The van der Waals surface area contributed by atoms with E-state index >= 15 is 0 Å². The van der Waals surface area contributed by atoms with Crippen molar-refractivity contribution >= 4 is 11.0 Å². The number of aromatic nitrogens is 2. The molecule has 0 aliphatic carbocycles. The standard InChI is InChI=1S/C20H24N4O/c1-14(22-11-16-10-21-12-20(16)25)15-6-8-17(9-7-15)24-13-23-18-4-2-3-5-19(18)24/h2-9,13-14,16,20-22,25H,10-12H2,1H3/t14?,16-,20-/m0/s1. The molecule has 1 saturated heterocycles. The van der Waals surface area contributed by atoms with Gasteiger partial charge in [-0.3, -0.25) is 4.57 Å². The summed E-state index contributed by atoms with van der Waals surface area (Å²) in [5, 5.41) is 16.7. The molecule has 1 aliphatic heterocycles. The molecule has 5 heteroatoms. The van der Waals surface area contributed by atoms with E-state index in [1.807, 2.05) is 24.5 Å². The van der Waals surface area contributed by atoms with Crippen molar-refractivity contribution < 1.29 is 5.11 Å². The number of hydrogen-bond donors (Lipinski definition) is 3. The maximum atomic E-state index is 9.89. The van der Waals surface area contributed by atoms with Crippen LogP contribution in [0, 0.1) is 5.92 Å². The van der Waals surface area contributed by atoms with Crippen LogP contribution in [0.2, 0.25) is 0 Å². The van der Waals surface area contributed by atoms with Crippen molar-refractivity contribution in [1.82, 2.24) is 20.2 Å². The molecule has 0 bridgehead atoms. The van der Waals surface area contributed by atoms with Crippen LogP contribution in [0.1, 0.15) is 18.5 Å². The molecule has 2 heterocycles. The fourth-order valence-corrected chi connectivity index (χ4v) is 3.46. The fourth-order valence-electron chi connectivity index (χ4n) is 3.46. The Morgan fingerprint density at radius 1 is 1.20 bits per heavy atom. The summed E-state index contributed by atoms with van der Waals surface area (Å²) in [5.74, 6) is 0.291. The van der Waals surface area contributed by atoms with Crippen LogP contribution in [0.25, 0.3) is 16.7 Å². The van der Waals surface area contributed by atoms with E-state index in [0.29, 0.717) is 12.5 Å². The Morgan fingerprint density at radius 2 is 2.00 bits per heavy atom. The Hall–Kier alpha value is -2.21. The first kappa shape index (κ1) is 16.3. The van der Waals surface area contributed by atoms with E-state index in [9.17, 15) is 5.11 Å². The van der Waals surface area contributed by atoms with E-state index in [4.69, 9.17) is 0 Å². The summed E-state index contributed by atoms with van der Waals surface area (Å²) >= 11 is 0. The van der Waals surface area contributed by atoms with Gasteiger partial charge in [-0.25, -0.2) is 4.98 Å². The van der Waals surface area contributed by atoms with E-state index in [1.54, 1.807) is 0 Å². The van der Waals surface area contributed by atoms with Gasteiger partial charge in [0.2, 0.25) is 0 Å². The van der Waals surface area contributed by atoms with Gasteiger partial charge >= 0.3 is 0 Å². The number of nitrogens with one attached hydrogen (secondary N) is 2. The molecule has 0 spiro atoms. The summed E-state index contributed by atoms with van der Waals surface area (Å²) in [6.07, 6.45) is 1.63. The lowest BCUT2D eigenvalue weighted by atomic mass is 10.0. The Kier molecular flexibility index (Phi) is 4.53. The van der Waals surface area contributed by atoms with Crippen LogP contribution in [-0.2, 0) is 0 Å². The highest BCUT2D eigenvalue weighted by Crippen LogP contribution is 2.20. The Bertz CT molecular complexity index is 842. The lowest BCUT2D eigenvalue weighted by molar-refractivity contribution is 0.145. The average Bonchev–Trinajstić information content (AvgIpc) is 3.26. The second-order valence-corrected chi connectivity index (χ2v) is 6.81. The summed E-state index contributed by atoms with van der Waals surface area (Å²) in [7, 11) is 0. The lowest BCUT2D eigenvalue weighted by Gasteiger charge is -2.19. The van der Waals surface area contributed by atoms with E-state index in [1.165, 1.54) is 5.56 Å². The van der Waals surface area contributed by atoms with Crippen LogP contribution in [-0.4, -0.2) is 40.4 Å². The molecule has 2 aromatic carbocycles. The number of aliphatic hydroxyl groups is 1. The topological polar surface area (TPSA) is 62.1 Å². The molecule has 4 rings (SSSR count). The molecular weight excluding hydrogens is 312 g/mol. The van der Waals surface area contributed by atoms with Gasteiger partial charge in [0.25, 0.3) is 0 Å². The predicted octanol–water partition coefficient (Wildman–Crippen LogP) is 2.26. The van der Waals surface area contributed by atoms with Crippen molar-refractivity contribution in [3.05, 3.63) is 60.4 Å². The zero-order valence-corrected chi connectivity index (χ0v) is 14.4. The normalized spacial score (nSPS) is 21.7. The quantitative estimate of drug-likeness (QED) is 0.669.